The first-order valence-electron chi connectivity index (χ1n) is 3.59. The topological polar surface area (TPSA) is 76.5 Å². The summed E-state index contributed by atoms with van der Waals surface area (Å²) in [6.45, 7) is 0. The zero-order valence-electron chi connectivity index (χ0n) is 7.52. The predicted octanol–water partition coefficient (Wildman–Crippen LogP) is 1.73. The molecule has 0 aliphatic rings. The number of hydrogen-bond donors (Lipinski definition) is 1. The molecule has 1 rings (SSSR count). The Morgan fingerprint density at radius 3 is 2.29 bits per heavy atom. The summed E-state index contributed by atoms with van der Waals surface area (Å²) in [5.41, 5.74) is 0. The maximum Gasteiger partial charge on any atom is 0.513 e. The van der Waals surface area contributed by atoms with Gasteiger partial charge >= 0.3 is 6.16 Å². The van der Waals surface area contributed by atoms with Crippen LogP contribution in [-0.2, 0) is 9.53 Å². The zero-order chi connectivity index (χ0) is 10.8. The van der Waals surface area contributed by atoms with Crippen LogP contribution >= 0.6 is 0 Å². The van der Waals surface area contributed by atoms with E-state index < -0.39 is 6.16 Å². The number of ether oxygens (including phenoxy) is 2. The summed E-state index contributed by atoms with van der Waals surface area (Å²) < 4.78 is 9.00. The molecule has 1 aromatic carbocycles. The second-order valence-corrected chi connectivity index (χ2v) is 1.97. The van der Waals surface area contributed by atoms with Crippen LogP contribution in [0.1, 0.15) is 0 Å². The van der Waals surface area contributed by atoms with Gasteiger partial charge in [0.05, 0.1) is 7.11 Å². The van der Waals surface area contributed by atoms with Crippen molar-refractivity contribution in [3.05, 3.63) is 30.3 Å². The van der Waals surface area contributed by atoms with E-state index in [0.717, 1.165) is 6.08 Å². The number of para-hydroxylation sites is 1. The molecule has 0 saturated carbocycles. The fraction of sp³-hybridized carbons (Fsp3) is 0.111. The average molecular weight is 195 g/mol. The lowest BCUT2D eigenvalue weighted by molar-refractivity contribution is 0.121. The van der Waals surface area contributed by atoms with Gasteiger partial charge in [0.15, 0.2) is 0 Å². The Labute approximate surface area is 80.8 Å². The van der Waals surface area contributed by atoms with Gasteiger partial charge in [-0.25, -0.2) is 15.0 Å². The van der Waals surface area contributed by atoms with Gasteiger partial charge < -0.3 is 9.47 Å². The molecule has 0 unspecified atom stereocenters. The van der Waals surface area contributed by atoms with Gasteiger partial charge in [-0.05, 0) is 12.1 Å². The maximum atomic E-state index is 10.5. The van der Waals surface area contributed by atoms with Gasteiger partial charge in [0.25, 0.3) is 0 Å². The number of benzene rings is 1. The molecule has 0 aliphatic carbocycles. The van der Waals surface area contributed by atoms with Gasteiger partial charge in [0.1, 0.15) is 5.75 Å². The molecule has 0 heterocycles. The van der Waals surface area contributed by atoms with Crippen molar-refractivity contribution in [3.8, 4) is 5.75 Å². The number of hydrogen-bond acceptors (Lipinski definition) is 5. The van der Waals surface area contributed by atoms with Crippen LogP contribution in [-0.4, -0.2) is 19.3 Å². The van der Waals surface area contributed by atoms with Crippen molar-refractivity contribution >= 4 is 12.2 Å². The molecular weight excluding hydrogens is 186 g/mol. The minimum atomic E-state index is -0.698. The minimum Gasteiger partial charge on any atom is -0.437 e. The van der Waals surface area contributed by atoms with E-state index in [9.17, 15) is 4.79 Å². The maximum absolute atomic E-state index is 10.5. The number of nitrogens with one attached hydrogen (secondary N) is 1. The van der Waals surface area contributed by atoms with E-state index in [2.05, 4.69) is 4.74 Å². The first kappa shape index (κ1) is 11.9. The molecular formula is C9H9NO4. The van der Waals surface area contributed by atoms with Gasteiger partial charge in [0.2, 0.25) is 6.08 Å². The fourth-order valence-electron chi connectivity index (χ4n) is 0.626. The molecule has 0 spiro atoms. The van der Waals surface area contributed by atoms with E-state index in [1.807, 2.05) is 6.07 Å². The molecule has 0 bridgehead atoms. The van der Waals surface area contributed by atoms with Crippen molar-refractivity contribution < 1.29 is 19.1 Å². The quantitative estimate of drug-likeness (QED) is 0.320. The SMILES string of the molecule is COC(=O)Oc1ccccc1.N=C=O. The minimum absolute atomic E-state index is 0.486. The standard InChI is InChI=1S/C8H8O3.CHNO/c1-10-8(9)11-7-5-3-2-4-6-7;2-1-3/h2-6H,1H3;2H. The molecule has 0 saturated heterocycles. The monoisotopic (exact) mass is 195 g/mol. The molecule has 1 aromatic rings. The van der Waals surface area contributed by atoms with Crippen molar-refractivity contribution in [2.75, 3.05) is 7.11 Å². The van der Waals surface area contributed by atoms with Crippen molar-refractivity contribution in [1.29, 1.82) is 5.41 Å². The third kappa shape index (κ3) is 5.51. The molecule has 0 fully saturated rings. The molecule has 1 N–H and O–H groups in total. The first-order chi connectivity index (χ1) is 6.74. The van der Waals surface area contributed by atoms with Crippen molar-refractivity contribution in [2.45, 2.75) is 0 Å². The summed E-state index contributed by atoms with van der Waals surface area (Å²) in [6, 6.07) is 8.74. The van der Waals surface area contributed by atoms with E-state index in [1.54, 1.807) is 24.3 Å². The van der Waals surface area contributed by atoms with Gasteiger partial charge in [-0.2, -0.15) is 0 Å². The Balaban J connectivity index is 0.000000500. The number of methoxy groups -OCH3 is 1. The largest absolute Gasteiger partial charge is 0.513 e. The number of rotatable bonds is 1. The van der Waals surface area contributed by atoms with Crippen LogP contribution < -0.4 is 4.74 Å². The summed E-state index contributed by atoms with van der Waals surface area (Å²) in [5.74, 6) is 0.486. The zero-order valence-corrected chi connectivity index (χ0v) is 7.52. The summed E-state index contributed by atoms with van der Waals surface area (Å²) in [5, 5.41) is 5.40. The van der Waals surface area contributed by atoms with E-state index in [1.165, 1.54) is 7.11 Å². The molecule has 0 aliphatic heterocycles. The van der Waals surface area contributed by atoms with Crippen LogP contribution in [0.25, 0.3) is 0 Å². The van der Waals surface area contributed by atoms with Crippen LogP contribution in [0.2, 0.25) is 0 Å². The second kappa shape index (κ2) is 7.52. The highest BCUT2D eigenvalue weighted by Crippen LogP contribution is 2.08. The fourth-order valence-corrected chi connectivity index (χ4v) is 0.626. The number of carbonyl (C=O) groups is 1. The molecule has 0 radical (unpaired) electrons. The van der Waals surface area contributed by atoms with E-state index >= 15 is 0 Å². The van der Waals surface area contributed by atoms with Crippen LogP contribution in [0.5, 0.6) is 5.75 Å². The van der Waals surface area contributed by atoms with Gasteiger partial charge in [-0.1, -0.05) is 18.2 Å². The molecule has 5 heteroatoms. The van der Waals surface area contributed by atoms with Gasteiger partial charge in [-0.15, -0.1) is 0 Å². The third-order valence-corrected chi connectivity index (χ3v) is 1.11. The highest BCUT2D eigenvalue weighted by Gasteiger charge is 2.00. The number of isocyanates is 1. The molecule has 0 amide bonds. The second-order valence-electron chi connectivity index (χ2n) is 1.97. The van der Waals surface area contributed by atoms with Gasteiger partial charge in [-0.3, -0.25) is 0 Å². The van der Waals surface area contributed by atoms with E-state index in [0.29, 0.717) is 5.75 Å². The molecule has 0 aromatic heterocycles. The lowest BCUT2D eigenvalue weighted by Gasteiger charge is -1.99. The molecule has 0 atom stereocenters. The summed E-state index contributed by atoms with van der Waals surface area (Å²) in [6.07, 6.45) is 0.0520. The Kier molecular flexibility index (Phi) is 6.37. The Bertz CT molecular complexity index is 304. The van der Waals surface area contributed by atoms with Crippen LogP contribution in [0.15, 0.2) is 30.3 Å². The highest BCUT2D eigenvalue weighted by atomic mass is 16.7. The molecule has 5 nitrogen and oxygen atoms in total. The molecule has 14 heavy (non-hydrogen) atoms. The van der Waals surface area contributed by atoms with E-state index in [-0.39, 0.29) is 0 Å². The van der Waals surface area contributed by atoms with Crippen LogP contribution in [0.4, 0.5) is 4.79 Å². The first-order valence-corrected chi connectivity index (χ1v) is 3.59. The summed E-state index contributed by atoms with van der Waals surface area (Å²) >= 11 is 0. The predicted molar refractivity (Wildman–Crippen MR) is 47.9 cm³/mol. The van der Waals surface area contributed by atoms with E-state index in [4.69, 9.17) is 14.9 Å². The lowest BCUT2D eigenvalue weighted by Crippen LogP contribution is -2.06. The molecule has 74 valence electrons. The number of carbonyl (C=O) groups excluding carboxylic acids is 2. The highest BCUT2D eigenvalue weighted by molar-refractivity contribution is 5.63. The van der Waals surface area contributed by atoms with Crippen molar-refractivity contribution in [2.24, 2.45) is 0 Å². The lowest BCUT2D eigenvalue weighted by atomic mass is 10.3. The summed E-state index contributed by atoms with van der Waals surface area (Å²) in [7, 11) is 1.27. The van der Waals surface area contributed by atoms with Crippen molar-refractivity contribution in [1.82, 2.24) is 0 Å². The Hall–Kier alpha value is -2.13. The Morgan fingerprint density at radius 1 is 1.36 bits per heavy atom. The Morgan fingerprint density at radius 2 is 1.86 bits per heavy atom. The van der Waals surface area contributed by atoms with Gasteiger partial charge in [0, 0.05) is 0 Å². The smallest absolute Gasteiger partial charge is 0.437 e. The van der Waals surface area contributed by atoms with Crippen LogP contribution in [0.3, 0.4) is 0 Å². The van der Waals surface area contributed by atoms with Crippen molar-refractivity contribution in [3.63, 3.8) is 0 Å². The normalized spacial score (nSPS) is 7.50. The third-order valence-electron chi connectivity index (χ3n) is 1.11. The summed E-state index contributed by atoms with van der Waals surface area (Å²) in [4.78, 5) is 18.9. The van der Waals surface area contributed by atoms with Crippen LogP contribution in [0, 0.1) is 5.41 Å². The average Bonchev–Trinajstić information content (AvgIpc) is 2.20.